The first kappa shape index (κ1) is 15.6. The van der Waals surface area contributed by atoms with E-state index in [1.54, 1.807) is 23.9 Å². The monoisotopic (exact) mass is 319 g/mol. The fraction of sp³-hybridized carbons (Fsp3) is 0.500. The summed E-state index contributed by atoms with van der Waals surface area (Å²) < 4.78 is 12.9. The van der Waals surface area contributed by atoms with Crippen LogP contribution in [0.2, 0.25) is 0 Å². The quantitative estimate of drug-likeness (QED) is 0.618. The van der Waals surface area contributed by atoms with Crippen molar-refractivity contribution < 1.29 is 9.18 Å². The van der Waals surface area contributed by atoms with E-state index < -0.39 is 0 Å². The van der Waals surface area contributed by atoms with Crippen molar-refractivity contribution in [2.24, 2.45) is 17.8 Å². The van der Waals surface area contributed by atoms with E-state index in [1.165, 1.54) is 12.1 Å². The molecule has 1 aliphatic heterocycles. The topological polar surface area (TPSA) is 20.3 Å². The summed E-state index contributed by atoms with van der Waals surface area (Å²) in [5.41, 5.74) is 0. The van der Waals surface area contributed by atoms with Gasteiger partial charge in [-0.3, -0.25) is 4.79 Å². The van der Waals surface area contributed by atoms with Gasteiger partial charge in [0.1, 0.15) is 5.82 Å². The van der Waals surface area contributed by atoms with Gasteiger partial charge in [0.25, 0.3) is 0 Å². The van der Waals surface area contributed by atoms with Gasteiger partial charge in [0.15, 0.2) is 0 Å². The molecule has 2 aliphatic rings. The van der Waals surface area contributed by atoms with E-state index in [1.807, 2.05) is 6.92 Å². The van der Waals surface area contributed by atoms with E-state index in [9.17, 15) is 9.18 Å². The van der Waals surface area contributed by atoms with Gasteiger partial charge < -0.3 is 4.90 Å². The highest BCUT2D eigenvalue weighted by molar-refractivity contribution is 7.99. The maximum absolute atomic E-state index is 12.9. The van der Waals surface area contributed by atoms with E-state index in [-0.39, 0.29) is 17.6 Å². The Morgan fingerprint density at radius 2 is 1.82 bits per heavy atom. The fourth-order valence-corrected chi connectivity index (χ4v) is 4.24. The molecule has 3 rings (SSSR count). The van der Waals surface area contributed by atoms with E-state index in [2.05, 4.69) is 17.1 Å². The highest BCUT2D eigenvalue weighted by Gasteiger charge is 2.36. The van der Waals surface area contributed by atoms with Gasteiger partial charge in [0.2, 0.25) is 5.91 Å². The summed E-state index contributed by atoms with van der Waals surface area (Å²) in [6.07, 6.45) is 6.74. The van der Waals surface area contributed by atoms with Crippen molar-refractivity contribution in [3.8, 4) is 0 Å². The first-order valence-electron chi connectivity index (χ1n) is 7.95. The molecule has 0 aromatic heterocycles. The lowest BCUT2D eigenvalue weighted by molar-refractivity contribution is -0.133. The van der Waals surface area contributed by atoms with Crippen LogP contribution in [0.1, 0.15) is 19.8 Å². The minimum absolute atomic E-state index is 0.00293. The molecule has 0 saturated carbocycles. The Kier molecular flexibility index (Phi) is 4.87. The zero-order valence-corrected chi connectivity index (χ0v) is 13.7. The van der Waals surface area contributed by atoms with E-state index in [4.69, 9.17) is 0 Å². The molecule has 0 spiro atoms. The van der Waals surface area contributed by atoms with Gasteiger partial charge in [-0.25, -0.2) is 4.39 Å². The lowest BCUT2D eigenvalue weighted by Gasteiger charge is -2.20. The molecule has 1 fully saturated rings. The van der Waals surface area contributed by atoms with E-state index in [0.29, 0.717) is 11.8 Å². The third kappa shape index (κ3) is 3.54. The molecule has 22 heavy (non-hydrogen) atoms. The van der Waals surface area contributed by atoms with Gasteiger partial charge in [-0.15, -0.1) is 11.8 Å². The number of nitrogens with zero attached hydrogens (tertiary/aromatic N) is 1. The molecule has 1 heterocycles. The number of rotatable bonds is 4. The molecular weight excluding hydrogens is 297 g/mol. The SMILES string of the molecule is C[C@H](CSc1ccc(F)cc1)C(=O)N1C[C@H]2CC=CC[C@H]2C1. The second kappa shape index (κ2) is 6.86. The van der Waals surface area contributed by atoms with Crippen molar-refractivity contribution in [1.82, 2.24) is 4.90 Å². The molecule has 3 atom stereocenters. The number of benzene rings is 1. The molecule has 118 valence electrons. The minimum atomic E-state index is -0.221. The zero-order chi connectivity index (χ0) is 15.5. The molecule has 0 bridgehead atoms. The molecule has 0 unspecified atom stereocenters. The molecule has 0 N–H and O–H groups in total. The number of amides is 1. The molecule has 1 aromatic carbocycles. The third-order valence-electron chi connectivity index (χ3n) is 4.67. The average molecular weight is 319 g/mol. The molecule has 1 aliphatic carbocycles. The smallest absolute Gasteiger partial charge is 0.226 e. The van der Waals surface area contributed by atoms with Crippen LogP contribution in [0.4, 0.5) is 4.39 Å². The number of likely N-dealkylation sites (tertiary alicyclic amines) is 1. The number of halogens is 1. The molecule has 1 amide bonds. The second-order valence-corrected chi connectivity index (χ2v) is 7.47. The van der Waals surface area contributed by atoms with Gasteiger partial charge in [-0.05, 0) is 48.9 Å². The molecular formula is C18H22FNOS. The second-order valence-electron chi connectivity index (χ2n) is 6.37. The number of hydrogen-bond acceptors (Lipinski definition) is 2. The van der Waals surface area contributed by atoms with Crippen molar-refractivity contribution in [2.75, 3.05) is 18.8 Å². The van der Waals surface area contributed by atoms with E-state index in [0.717, 1.165) is 36.6 Å². The Morgan fingerprint density at radius 1 is 1.23 bits per heavy atom. The lowest BCUT2D eigenvalue weighted by Crippen LogP contribution is -2.34. The van der Waals surface area contributed by atoms with Crippen LogP contribution < -0.4 is 0 Å². The predicted molar refractivity (Wildman–Crippen MR) is 88.2 cm³/mol. The third-order valence-corrected chi connectivity index (χ3v) is 5.94. The highest BCUT2D eigenvalue weighted by atomic mass is 32.2. The predicted octanol–water partition coefficient (Wildman–Crippen LogP) is 3.98. The summed E-state index contributed by atoms with van der Waals surface area (Å²) in [5, 5.41) is 0. The van der Waals surface area contributed by atoms with Crippen LogP contribution in [0.5, 0.6) is 0 Å². The van der Waals surface area contributed by atoms with Gasteiger partial charge in [-0.1, -0.05) is 19.1 Å². The highest BCUT2D eigenvalue weighted by Crippen LogP contribution is 2.33. The van der Waals surface area contributed by atoms with Gasteiger partial charge in [0, 0.05) is 29.7 Å². The van der Waals surface area contributed by atoms with E-state index >= 15 is 0 Å². The van der Waals surface area contributed by atoms with Crippen LogP contribution in [-0.4, -0.2) is 29.6 Å². The molecule has 1 saturated heterocycles. The largest absolute Gasteiger partial charge is 0.342 e. The van der Waals surface area contributed by atoms with Crippen LogP contribution in [0.25, 0.3) is 0 Å². The van der Waals surface area contributed by atoms with Crippen molar-refractivity contribution in [3.05, 3.63) is 42.2 Å². The van der Waals surface area contributed by atoms with Crippen LogP contribution in [-0.2, 0) is 4.79 Å². The summed E-state index contributed by atoms with van der Waals surface area (Å²) in [5.74, 6) is 2.11. The normalized spacial score (nSPS) is 25.1. The van der Waals surface area contributed by atoms with Crippen LogP contribution in [0, 0.1) is 23.6 Å². The number of thioether (sulfide) groups is 1. The fourth-order valence-electron chi connectivity index (χ4n) is 3.33. The average Bonchev–Trinajstić information content (AvgIpc) is 2.97. The molecule has 0 radical (unpaired) electrons. The van der Waals surface area contributed by atoms with Gasteiger partial charge in [-0.2, -0.15) is 0 Å². The Bertz CT molecular complexity index is 541. The Hall–Kier alpha value is -1.29. The molecule has 2 nitrogen and oxygen atoms in total. The van der Waals surface area contributed by atoms with Crippen molar-refractivity contribution >= 4 is 17.7 Å². The maximum atomic E-state index is 12.9. The summed E-state index contributed by atoms with van der Waals surface area (Å²) in [6, 6.07) is 6.47. The summed E-state index contributed by atoms with van der Waals surface area (Å²) >= 11 is 1.62. The Balaban J connectivity index is 1.51. The maximum Gasteiger partial charge on any atom is 0.226 e. The lowest BCUT2D eigenvalue weighted by atomic mass is 9.86. The first-order chi connectivity index (χ1) is 10.6. The number of hydrogen-bond donors (Lipinski definition) is 0. The van der Waals surface area contributed by atoms with Crippen LogP contribution in [0.15, 0.2) is 41.3 Å². The number of carbonyl (C=O) groups excluding carboxylic acids is 1. The number of carbonyl (C=O) groups is 1. The van der Waals surface area contributed by atoms with Crippen LogP contribution >= 0.6 is 11.8 Å². The summed E-state index contributed by atoms with van der Waals surface area (Å²) in [6.45, 7) is 3.83. The van der Waals surface area contributed by atoms with Crippen LogP contribution in [0.3, 0.4) is 0 Å². The van der Waals surface area contributed by atoms with Crippen molar-refractivity contribution in [1.29, 1.82) is 0 Å². The summed E-state index contributed by atoms with van der Waals surface area (Å²) in [7, 11) is 0. The number of fused-ring (bicyclic) bond motifs is 1. The molecule has 1 aromatic rings. The van der Waals surface area contributed by atoms with Crippen molar-refractivity contribution in [2.45, 2.75) is 24.7 Å². The Labute approximate surface area is 135 Å². The first-order valence-corrected chi connectivity index (χ1v) is 8.94. The molecule has 4 heteroatoms. The van der Waals surface area contributed by atoms with Gasteiger partial charge in [0.05, 0.1) is 0 Å². The Morgan fingerprint density at radius 3 is 2.41 bits per heavy atom. The summed E-state index contributed by atoms with van der Waals surface area (Å²) in [4.78, 5) is 15.7. The van der Waals surface area contributed by atoms with Gasteiger partial charge >= 0.3 is 0 Å². The zero-order valence-electron chi connectivity index (χ0n) is 12.9. The standard InChI is InChI=1S/C18H22FNOS/c1-13(12-22-17-8-6-16(19)7-9-17)18(21)20-10-14-4-2-3-5-15(14)11-20/h2-3,6-9,13-15H,4-5,10-12H2,1H3/t13-,14-,15+/m1/s1. The minimum Gasteiger partial charge on any atom is -0.342 e. The van der Waals surface area contributed by atoms with Crippen molar-refractivity contribution in [3.63, 3.8) is 0 Å². The number of allylic oxidation sites excluding steroid dienone is 2.